The summed E-state index contributed by atoms with van der Waals surface area (Å²) in [6, 6.07) is 4.32. The maximum Gasteiger partial charge on any atom is 0.198 e. The van der Waals surface area contributed by atoms with Crippen molar-refractivity contribution < 1.29 is 9.53 Å². The van der Waals surface area contributed by atoms with Crippen LogP contribution in [0, 0.1) is 0 Å². The summed E-state index contributed by atoms with van der Waals surface area (Å²) in [7, 11) is 0. The van der Waals surface area contributed by atoms with E-state index in [9.17, 15) is 4.79 Å². The summed E-state index contributed by atoms with van der Waals surface area (Å²) >= 11 is 1.48. The minimum Gasteiger partial charge on any atom is -0.373 e. The van der Waals surface area contributed by atoms with E-state index in [1.807, 2.05) is 17.5 Å². The van der Waals surface area contributed by atoms with Crippen LogP contribution in [-0.4, -0.2) is 31.6 Å². The number of ketones is 1. The molecule has 0 saturated carbocycles. The molecule has 0 unspecified atom stereocenters. The zero-order chi connectivity index (χ0) is 11.9. The molecule has 1 atom stereocenters. The van der Waals surface area contributed by atoms with Gasteiger partial charge in [0.1, 0.15) is 6.61 Å². The molecule has 0 aromatic carbocycles. The Balaban J connectivity index is 1.58. The standard InChI is InChI=1S/C13H19NO2S/c15-12(13-5-3-9-17-13)10-16-8-6-11-4-1-2-7-14-11/h3,5,9,11,14H,1-2,4,6-8,10H2/t11-/m1/s1. The van der Waals surface area contributed by atoms with Crippen LogP contribution in [0.4, 0.5) is 0 Å². The van der Waals surface area contributed by atoms with E-state index in [1.165, 1.54) is 30.6 Å². The number of nitrogens with one attached hydrogen (secondary N) is 1. The topological polar surface area (TPSA) is 38.3 Å². The fraction of sp³-hybridized carbons (Fsp3) is 0.615. The quantitative estimate of drug-likeness (QED) is 0.625. The van der Waals surface area contributed by atoms with E-state index in [0.717, 1.165) is 17.8 Å². The van der Waals surface area contributed by atoms with E-state index >= 15 is 0 Å². The number of thiophene rings is 1. The third kappa shape index (κ3) is 4.22. The van der Waals surface area contributed by atoms with Crippen molar-refractivity contribution in [1.82, 2.24) is 5.32 Å². The lowest BCUT2D eigenvalue weighted by Gasteiger charge is -2.23. The third-order valence-corrected chi connectivity index (χ3v) is 3.96. The fourth-order valence-corrected chi connectivity index (χ4v) is 2.72. The molecule has 1 aliphatic rings. The Morgan fingerprint density at radius 2 is 2.47 bits per heavy atom. The van der Waals surface area contributed by atoms with Crippen LogP contribution in [0.2, 0.25) is 0 Å². The number of carbonyl (C=O) groups excluding carboxylic acids is 1. The predicted molar refractivity (Wildman–Crippen MR) is 69.7 cm³/mol. The second-order valence-corrected chi connectivity index (χ2v) is 5.34. The van der Waals surface area contributed by atoms with Gasteiger partial charge in [-0.3, -0.25) is 4.79 Å². The maximum atomic E-state index is 11.6. The molecule has 0 spiro atoms. The molecule has 1 fully saturated rings. The Morgan fingerprint density at radius 3 is 3.18 bits per heavy atom. The van der Waals surface area contributed by atoms with Crippen molar-refractivity contribution in [2.45, 2.75) is 31.7 Å². The van der Waals surface area contributed by atoms with Gasteiger partial charge in [-0.25, -0.2) is 0 Å². The van der Waals surface area contributed by atoms with E-state index in [-0.39, 0.29) is 12.4 Å². The van der Waals surface area contributed by atoms with Gasteiger partial charge in [-0.05, 0) is 37.3 Å². The first-order valence-corrected chi connectivity index (χ1v) is 7.12. The summed E-state index contributed by atoms with van der Waals surface area (Å²) in [4.78, 5) is 12.4. The monoisotopic (exact) mass is 253 g/mol. The van der Waals surface area contributed by atoms with Gasteiger partial charge >= 0.3 is 0 Å². The molecule has 4 heteroatoms. The molecular formula is C13H19NO2S. The molecule has 0 radical (unpaired) electrons. The SMILES string of the molecule is O=C(COCC[C@H]1CCCCN1)c1cccs1. The number of rotatable bonds is 6. The molecule has 2 heterocycles. The second-order valence-electron chi connectivity index (χ2n) is 4.39. The Kier molecular flexibility index (Phi) is 5.16. The summed E-state index contributed by atoms with van der Waals surface area (Å²) in [5.74, 6) is 0.0941. The third-order valence-electron chi connectivity index (χ3n) is 3.05. The average Bonchev–Trinajstić information content (AvgIpc) is 2.89. The van der Waals surface area contributed by atoms with Gasteiger partial charge in [0.25, 0.3) is 0 Å². The van der Waals surface area contributed by atoms with Crippen LogP contribution in [-0.2, 0) is 4.74 Å². The van der Waals surface area contributed by atoms with Crippen LogP contribution >= 0.6 is 11.3 Å². The molecule has 0 aliphatic carbocycles. The van der Waals surface area contributed by atoms with Gasteiger partial charge < -0.3 is 10.1 Å². The van der Waals surface area contributed by atoms with Crippen LogP contribution in [0.5, 0.6) is 0 Å². The summed E-state index contributed by atoms with van der Waals surface area (Å²) in [6.07, 6.45) is 4.85. The highest BCUT2D eigenvalue weighted by Crippen LogP contribution is 2.11. The highest BCUT2D eigenvalue weighted by molar-refractivity contribution is 7.12. The van der Waals surface area contributed by atoms with Gasteiger partial charge in [-0.1, -0.05) is 12.5 Å². The molecule has 1 aromatic rings. The van der Waals surface area contributed by atoms with E-state index in [2.05, 4.69) is 5.32 Å². The van der Waals surface area contributed by atoms with Crippen molar-refractivity contribution in [3.8, 4) is 0 Å². The van der Waals surface area contributed by atoms with Gasteiger partial charge in [-0.2, -0.15) is 0 Å². The van der Waals surface area contributed by atoms with Crippen LogP contribution in [0.25, 0.3) is 0 Å². The first-order chi connectivity index (χ1) is 8.36. The van der Waals surface area contributed by atoms with Gasteiger partial charge in [0.05, 0.1) is 4.88 Å². The van der Waals surface area contributed by atoms with Crippen molar-refractivity contribution in [3.63, 3.8) is 0 Å². The first-order valence-electron chi connectivity index (χ1n) is 6.24. The van der Waals surface area contributed by atoms with Crippen molar-refractivity contribution >= 4 is 17.1 Å². The average molecular weight is 253 g/mol. The van der Waals surface area contributed by atoms with E-state index in [1.54, 1.807) is 0 Å². The lowest BCUT2D eigenvalue weighted by Crippen LogP contribution is -2.34. The van der Waals surface area contributed by atoms with Gasteiger partial charge in [0.15, 0.2) is 5.78 Å². The van der Waals surface area contributed by atoms with Crippen LogP contribution < -0.4 is 5.32 Å². The zero-order valence-corrected chi connectivity index (χ0v) is 10.8. The molecule has 1 N–H and O–H groups in total. The number of ether oxygens (including phenoxy) is 1. The summed E-state index contributed by atoms with van der Waals surface area (Å²) in [5, 5.41) is 5.39. The fourth-order valence-electron chi connectivity index (χ4n) is 2.07. The van der Waals surface area contributed by atoms with Crippen molar-refractivity contribution in [3.05, 3.63) is 22.4 Å². The Bertz CT molecular complexity index is 331. The van der Waals surface area contributed by atoms with Crippen molar-refractivity contribution in [2.24, 2.45) is 0 Å². The van der Waals surface area contributed by atoms with Crippen molar-refractivity contribution in [2.75, 3.05) is 19.8 Å². The minimum absolute atomic E-state index is 0.0941. The zero-order valence-electron chi connectivity index (χ0n) is 9.98. The molecule has 0 amide bonds. The van der Waals surface area contributed by atoms with Crippen LogP contribution in [0.15, 0.2) is 17.5 Å². The summed E-state index contributed by atoms with van der Waals surface area (Å²) < 4.78 is 5.44. The largest absolute Gasteiger partial charge is 0.373 e. The number of hydrogen-bond donors (Lipinski definition) is 1. The lowest BCUT2D eigenvalue weighted by atomic mass is 10.0. The molecule has 17 heavy (non-hydrogen) atoms. The normalized spacial score (nSPS) is 20.4. The Hall–Kier alpha value is -0.710. The molecule has 2 rings (SSSR count). The van der Waals surface area contributed by atoms with E-state index in [4.69, 9.17) is 4.74 Å². The molecule has 1 aliphatic heterocycles. The second kappa shape index (κ2) is 6.89. The summed E-state index contributed by atoms with van der Waals surface area (Å²) in [6.45, 7) is 2.01. The predicted octanol–water partition coefficient (Wildman–Crippen LogP) is 2.48. The number of piperidine rings is 1. The minimum atomic E-state index is 0.0941. The lowest BCUT2D eigenvalue weighted by molar-refractivity contribution is 0.0740. The Morgan fingerprint density at radius 1 is 1.53 bits per heavy atom. The molecule has 94 valence electrons. The number of hydrogen-bond acceptors (Lipinski definition) is 4. The highest BCUT2D eigenvalue weighted by atomic mass is 32.1. The van der Waals surface area contributed by atoms with E-state index < -0.39 is 0 Å². The van der Waals surface area contributed by atoms with Gasteiger partial charge in [0, 0.05) is 12.6 Å². The van der Waals surface area contributed by atoms with Crippen molar-refractivity contribution in [1.29, 1.82) is 0 Å². The molecule has 1 saturated heterocycles. The number of Topliss-reactive ketones (excluding diaryl/α,β-unsaturated/α-hetero) is 1. The Labute approximate surface area is 106 Å². The smallest absolute Gasteiger partial charge is 0.198 e. The maximum absolute atomic E-state index is 11.6. The molecular weight excluding hydrogens is 234 g/mol. The molecule has 1 aromatic heterocycles. The first kappa shape index (κ1) is 12.7. The van der Waals surface area contributed by atoms with E-state index in [0.29, 0.717) is 12.6 Å². The van der Waals surface area contributed by atoms with Gasteiger partial charge in [-0.15, -0.1) is 11.3 Å². The highest BCUT2D eigenvalue weighted by Gasteiger charge is 2.12. The number of carbonyl (C=O) groups is 1. The molecule has 0 bridgehead atoms. The molecule has 3 nitrogen and oxygen atoms in total. The van der Waals surface area contributed by atoms with Gasteiger partial charge in [0.2, 0.25) is 0 Å². The van der Waals surface area contributed by atoms with Crippen LogP contribution in [0.3, 0.4) is 0 Å². The summed E-state index contributed by atoms with van der Waals surface area (Å²) in [5.41, 5.74) is 0. The van der Waals surface area contributed by atoms with Crippen LogP contribution in [0.1, 0.15) is 35.4 Å².